The second-order valence-corrected chi connectivity index (χ2v) is 10.4. The third-order valence-corrected chi connectivity index (χ3v) is 7.60. The molecule has 0 aliphatic heterocycles. The minimum atomic E-state index is -0.466. The topological polar surface area (TPSA) is 134 Å². The quantitative estimate of drug-likeness (QED) is 0.352. The maximum absolute atomic E-state index is 13.1. The molecule has 0 bridgehead atoms. The van der Waals surface area contributed by atoms with Crippen molar-refractivity contribution in [1.29, 1.82) is 0 Å². The van der Waals surface area contributed by atoms with Crippen LogP contribution in [0.15, 0.2) is 47.7 Å². The maximum Gasteiger partial charge on any atom is 0.411 e. The van der Waals surface area contributed by atoms with Crippen molar-refractivity contribution < 1.29 is 9.53 Å². The summed E-state index contributed by atoms with van der Waals surface area (Å²) < 4.78 is 10.7. The van der Waals surface area contributed by atoms with Gasteiger partial charge in [0.15, 0.2) is 0 Å². The third kappa shape index (κ3) is 4.65. The molecule has 1 aromatic carbocycles. The Morgan fingerprint density at radius 1 is 1.03 bits per heavy atom. The summed E-state index contributed by atoms with van der Waals surface area (Å²) in [6.45, 7) is 0. The van der Waals surface area contributed by atoms with E-state index in [1.165, 1.54) is 0 Å². The maximum atomic E-state index is 13.1. The second-order valence-electron chi connectivity index (χ2n) is 10.4. The monoisotopic (exact) mass is 516 g/mol. The highest BCUT2D eigenvalue weighted by Gasteiger charge is 2.27. The first-order chi connectivity index (χ1) is 18.3. The van der Waals surface area contributed by atoms with Gasteiger partial charge in [0, 0.05) is 55.4 Å². The summed E-state index contributed by atoms with van der Waals surface area (Å²) in [5.41, 5.74) is 10.8. The van der Waals surface area contributed by atoms with E-state index in [4.69, 9.17) is 10.5 Å². The molecule has 0 unspecified atom stereocenters. The van der Waals surface area contributed by atoms with Gasteiger partial charge in [-0.3, -0.25) is 19.1 Å². The number of imidazole rings is 1. The lowest BCUT2D eigenvalue weighted by Gasteiger charge is -2.25. The molecule has 2 saturated carbocycles. The summed E-state index contributed by atoms with van der Waals surface area (Å²) in [6, 6.07) is 7.77. The molecule has 0 saturated heterocycles. The molecule has 4 N–H and O–H groups in total. The van der Waals surface area contributed by atoms with Crippen molar-refractivity contribution >= 4 is 34.3 Å². The minimum Gasteiger partial charge on any atom is -0.446 e. The Bertz CT molecular complexity index is 1560. The highest BCUT2D eigenvalue weighted by molar-refractivity contribution is 5.88. The van der Waals surface area contributed by atoms with Gasteiger partial charge in [-0.1, -0.05) is 0 Å². The van der Waals surface area contributed by atoms with Crippen LogP contribution >= 0.6 is 0 Å². The number of ether oxygens (including phenoxy) is 1. The number of aromatic nitrogens is 5. The number of carbonyl (C=O) groups is 1. The van der Waals surface area contributed by atoms with Crippen LogP contribution in [0.5, 0.6) is 0 Å². The van der Waals surface area contributed by atoms with Gasteiger partial charge in [-0.25, -0.2) is 14.6 Å². The molecule has 2 atom stereocenters. The number of amides is 1. The van der Waals surface area contributed by atoms with Crippen molar-refractivity contribution in [2.45, 2.75) is 56.7 Å². The van der Waals surface area contributed by atoms with Crippen LogP contribution in [0.3, 0.4) is 0 Å². The summed E-state index contributed by atoms with van der Waals surface area (Å²) in [4.78, 5) is 30.1. The molecule has 3 aromatic heterocycles. The Labute approximate surface area is 219 Å². The first-order valence-electron chi connectivity index (χ1n) is 13.1. The lowest BCUT2D eigenvalue weighted by atomic mass is 9.96. The molecular weight excluding hydrogens is 484 g/mol. The highest BCUT2D eigenvalue weighted by Crippen LogP contribution is 2.33. The van der Waals surface area contributed by atoms with Crippen molar-refractivity contribution in [3.8, 4) is 11.1 Å². The van der Waals surface area contributed by atoms with Gasteiger partial charge in [0.05, 0.1) is 23.4 Å². The summed E-state index contributed by atoms with van der Waals surface area (Å²) in [6.07, 6.45) is 10.4. The molecule has 11 heteroatoms. The summed E-state index contributed by atoms with van der Waals surface area (Å²) in [5, 5.41) is 10.5. The minimum absolute atomic E-state index is 0.0112. The molecule has 3 heterocycles. The average Bonchev–Trinajstić information content (AvgIpc) is 3.54. The zero-order valence-electron chi connectivity index (χ0n) is 21.6. The molecule has 2 fully saturated rings. The number of fused-ring (bicyclic) bond motifs is 1. The first kappa shape index (κ1) is 24.2. The van der Waals surface area contributed by atoms with Crippen molar-refractivity contribution in [2.75, 3.05) is 10.6 Å². The zero-order chi connectivity index (χ0) is 26.4. The molecule has 4 aromatic rings. The number of carbonyl (C=O) groups excluding carboxylic acids is 1. The van der Waals surface area contributed by atoms with Gasteiger partial charge in [-0.05, 0) is 62.3 Å². The number of anilines is 3. The van der Waals surface area contributed by atoms with Gasteiger partial charge in [0.2, 0.25) is 0 Å². The molecule has 0 radical (unpaired) electrons. The molecule has 2 aliphatic carbocycles. The number of benzene rings is 1. The van der Waals surface area contributed by atoms with E-state index in [-0.39, 0.29) is 23.9 Å². The van der Waals surface area contributed by atoms with E-state index in [0.29, 0.717) is 11.5 Å². The van der Waals surface area contributed by atoms with Crippen molar-refractivity contribution in [3.63, 3.8) is 0 Å². The van der Waals surface area contributed by atoms with Gasteiger partial charge in [-0.2, -0.15) is 5.10 Å². The molecule has 6 rings (SSSR count). The van der Waals surface area contributed by atoms with Gasteiger partial charge in [0.1, 0.15) is 11.9 Å². The Kier molecular flexibility index (Phi) is 6.15. The predicted molar refractivity (Wildman–Crippen MR) is 146 cm³/mol. The van der Waals surface area contributed by atoms with Crippen LogP contribution in [0.2, 0.25) is 0 Å². The summed E-state index contributed by atoms with van der Waals surface area (Å²) in [5.74, 6) is 0.588. The predicted octanol–water partition coefficient (Wildman–Crippen LogP) is 4.03. The van der Waals surface area contributed by atoms with Crippen LogP contribution in [-0.4, -0.2) is 42.1 Å². The van der Waals surface area contributed by atoms with E-state index in [9.17, 15) is 9.59 Å². The fraction of sp³-hybridized carbons (Fsp3) is 0.407. The lowest BCUT2D eigenvalue weighted by molar-refractivity contribution is 0.0624. The number of nitrogens with one attached hydrogen (secondary N) is 2. The van der Waals surface area contributed by atoms with E-state index in [2.05, 4.69) is 20.7 Å². The van der Waals surface area contributed by atoms with Crippen molar-refractivity contribution in [3.05, 3.63) is 53.3 Å². The molecule has 11 nitrogen and oxygen atoms in total. The van der Waals surface area contributed by atoms with Crippen molar-refractivity contribution in [2.24, 2.45) is 19.8 Å². The number of rotatable bonds is 6. The van der Waals surface area contributed by atoms with E-state index in [1.54, 1.807) is 28.7 Å². The van der Waals surface area contributed by atoms with E-state index >= 15 is 0 Å². The van der Waals surface area contributed by atoms with E-state index in [1.807, 2.05) is 42.1 Å². The normalized spacial score (nSPS) is 19.4. The molecular formula is C27H32N8O3. The Hall–Kier alpha value is -4.12. The summed E-state index contributed by atoms with van der Waals surface area (Å²) >= 11 is 0. The smallest absolute Gasteiger partial charge is 0.411 e. The number of nitrogens with two attached hydrogens (primary N) is 1. The molecule has 38 heavy (non-hydrogen) atoms. The first-order valence-corrected chi connectivity index (χ1v) is 13.1. The van der Waals surface area contributed by atoms with Crippen LogP contribution in [-0.2, 0) is 18.8 Å². The highest BCUT2D eigenvalue weighted by atomic mass is 16.6. The van der Waals surface area contributed by atoms with Crippen LogP contribution in [0.1, 0.15) is 44.6 Å². The number of pyridine rings is 1. The van der Waals surface area contributed by atoms with Crippen LogP contribution in [0, 0.1) is 0 Å². The van der Waals surface area contributed by atoms with Crippen LogP contribution in [0.4, 0.5) is 22.0 Å². The van der Waals surface area contributed by atoms with E-state index < -0.39 is 6.09 Å². The Morgan fingerprint density at radius 3 is 2.53 bits per heavy atom. The summed E-state index contributed by atoms with van der Waals surface area (Å²) in [7, 11) is 3.62. The van der Waals surface area contributed by atoms with E-state index in [0.717, 1.165) is 66.4 Å². The SMILES string of the molecule is Cn1cc(-c2cc(NC(=O)OC3CCC3)cc(Nc3cc4c(cn3)n(C)c(=O)n4[C@@H]3CC[C@@H](N)C3)c2)cn1. The second kappa shape index (κ2) is 9.64. The van der Waals surface area contributed by atoms with Crippen molar-refractivity contribution in [1.82, 2.24) is 23.9 Å². The van der Waals surface area contributed by atoms with Gasteiger partial charge in [-0.15, -0.1) is 0 Å². The Balaban J connectivity index is 1.33. The Morgan fingerprint density at radius 2 is 1.84 bits per heavy atom. The lowest BCUT2D eigenvalue weighted by Crippen LogP contribution is -2.27. The number of nitrogens with zero attached hydrogens (tertiary/aromatic N) is 5. The molecule has 0 spiro atoms. The number of hydrogen-bond donors (Lipinski definition) is 3. The third-order valence-electron chi connectivity index (χ3n) is 7.60. The van der Waals surface area contributed by atoms with Gasteiger partial charge < -0.3 is 15.8 Å². The fourth-order valence-electron chi connectivity index (χ4n) is 5.35. The standard InChI is InChI=1S/C27H32N8O3/c1-33-15-17(13-30-33)16-8-19(11-20(9-16)32-26(36)38-22-4-3-5-22)31-25-12-23-24(14-29-25)34(2)27(37)35(23)21-7-6-18(28)10-21/h8-9,11-15,18,21-22H,3-7,10,28H2,1-2H3,(H,29,31)(H,32,36)/t18-,21-/m1/s1. The average molecular weight is 517 g/mol. The number of aryl methyl sites for hydroxylation is 2. The zero-order valence-corrected chi connectivity index (χ0v) is 21.6. The molecule has 1 amide bonds. The number of hydrogen-bond acceptors (Lipinski definition) is 7. The van der Waals surface area contributed by atoms with Gasteiger partial charge in [0.25, 0.3) is 0 Å². The largest absolute Gasteiger partial charge is 0.446 e. The molecule has 198 valence electrons. The molecule has 2 aliphatic rings. The fourth-order valence-corrected chi connectivity index (χ4v) is 5.35. The van der Waals surface area contributed by atoms with Crippen LogP contribution < -0.4 is 22.1 Å². The van der Waals surface area contributed by atoms with Gasteiger partial charge >= 0.3 is 11.8 Å². The van der Waals surface area contributed by atoms with Crippen LogP contribution in [0.25, 0.3) is 22.2 Å².